The van der Waals surface area contributed by atoms with E-state index in [0.717, 1.165) is 11.1 Å². The van der Waals surface area contributed by atoms with Crippen molar-refractivity contribution < 1.29 is 19.1 Å². The molecule has 188 valence electrons. The van der Waals surface area contributed by atoms with Crippen LogP contribution < -0.4 is 9.64 Å². The summed E-state index contributed by atoms with van der Waals surface area (Å²) in [6.45, 7) is 2.61. The van der Waals surface area contributed by atoms with E-state index in [1.165, 1.54) is 0 Å². The summed E-state index contributed by atoms with van der Waals surface area (Å²) in [5.41, 5.74) is 3.20. The molecule has 0 unspecified atom stereocenters. The van der Waals surface area contributed by atoms with Crippen LogP contribution in [0.25, 0.3) is 0 Å². The lowest BCUT2D eigenvalue weighted by Gasteiger charge is -2.24. The van der Waals surface area contributed by atoms with Crippen LogP contribution in [0.15, 0.2) is 97.1 Å². The van der Waals surface area contributed by atoms with Crippen LogP contribution in [0.5, 0.6) is 5.75 Å². The van der Waals surface area contributed by atoms with Crippen LogP contribution in [-0.2, 0) is 17.9 Å². The predicted molar refractivity (Wildman–Crippen MR) is 147 cm³/mol. The van der Waals surface area contributed by atoms with E-state index in [4.69, 9.17) is 32.7 Å². The Morgan fingerprint density at radius 3 is 2.27 bits per heavy atom. The Morgan fingerprint density at radius 2 is 1.57 bits per heavy atom. The monoisotopic (exact) mass is 533 g/mol. The average Bonchev–Trinajstić information content (AvgIpc) is 2.92. The molecular weight excluding hydrogens is 509 g/mol. The van der Waals surface area contributed by atoms with E-state index < -0.39 is 5.97 Å². The van der Waals surface area contributed by atoms with Gasteiger partial charge in [-0.3, -0.25) is 4.79 Å². The summed E-state index contributed by atoms with van der Waals surface area (Å²) in [7, 11) is 0. The van der Waals surface area contributed by atoms with Gasteiger partial charge in [0.05, 0.1) is 18.7 Å². The number of amides is 1. The Labute approximate surface area is 226 Å². The molecule has 0 radical (unpaired) electrons. The summed E-state index contributed by atoms with van der Waals surface area (Å²) in [6.07, 6.45) is 0. The zero-order valence-corrected chi connectivity index (χ0v) is 21.7. The van der Waals surface area contributed by atoms with E-state index in [2.05, 4.69) is 0 Å². The van der Waals surface area contributed by atoms with Gasteiger partial charge < -0.3 is 14.4 Å². The van der Waals surface area contributed by atoms with Crippen LogP contribution >= 0.6 is 23.2 Å². The molecule has 0 bridgehead atoms. The number of carbonyl (C=O) groups excluding carboxylic acids is 2. The summed E-state index contributed by atoms with van der Waals surface area (Å²) < 4.78 is 11.0. The summed E-state index contributed by atoms with van der Waals surface area (Å²) in [6, 6.07) is 28.7. The first-order valence-electron chi connectivity index (χ1n) is 11.7. The largest absolute Gasteiger partial charge is 0.489 e. The molecule has 0 saturated heterocycles. The van der Waals surface area contributed by atoms with E-state index in [1.54, 1.807) is 72.5 Å². The Kier molecular flexibility index (Phi) is 8.83. The minimum atomic E-state index is -0.420. The van der Waals surface area contributed by atoms with Gasteiger partial charge in [-0.05, 0) is 72.6 Å². The van der Waals surface area contributed by atoms with Crippen LogP contribution in [0.4, 0.5) is 5.69 Å². The van der Waals surface area contributed by atoms with Gasteiger partial charge in [0, 0.05) is 21.3 Å². The molecular formula is C30H25Cl2NO4. The smallest absolute Gasteiger partial charge is 0.338 e. The molecule has 0 aliphatic heterocycles. The molecule has 0 heterocycles. The Bertz CT molecular complexity index is 1370. The maximum Gasteiger partial charge on any atom is 0.338 e. The number of benzene rings is 4. The van der Waals surface area contributed by atoms with E-state index >= 15 is 0 Å². The lowest BCUT2D eigenvalue weighted by Crippen LogP contribution is -2.30. The second kappa shape index (κ2) is 12.4. The molecule has 0 spiro atoms. The number of hydrogen-bond acceptors (Lipinski definition) is 4. The fourth-order valence-electron chi connectivity index (χ4n) is 3.71. The van der Waals surface area contributed by atoms with Crippen LogP contribution in [-0.4, -0.2) is 18.5 Å². The Morgan fingerprint density at radius 1 is 0.811 bits per heavy atom. The molecule has 0 saturated carbocycles. The topological polar surface area (TPSA) is 55.8 Å². The van der Waals surface area contributed by atoms with Crippen molar-refractivity contribution in [2.45, 2.75) is 20.1 Å². The Hall–Kier alpha value is -3.80. The molecule has 4 aromatic rings. The maximum absolute atomic E-state index is 13.8. The highest BCUT2D eigenvalue weighted by molar-refractivity contribution is 6.35. The first-order chi connectivity index (χ1) is 17.9. The molecule has 0 aromatic heterocycles. The van der Waals surface area contributed by atoms with Gasteiger partial charge in [-0.15, -0.1) is 0 Å². The van der Waals surface area contributed by atoms with Gasteiger partial charge in [0.2, 0.25) is 0 Å². The minimum absolute atomic E-state index is 0.197. The quantitative estimate of drug-likeness (QED) is 0.208. The molecule has 0 N–H and O–H groups in total. The van der Waals surface area contributed by atoms with Gasteiger partial charge in [-0.1, -0.05) is 65.7 Å². The summed E-state index contributed by atoms with van der Waals surface area (Å²) in [5, 5.41) is 0.960. The van der Waals surface area contributed by atoms with Gasteiger partial charge in [0.25, 0.3) is 5.91 Å². The van der Waals surface area contributed by atoms with Gasteiger partial charge in [0.1, 0.15) is 12.4 Å². The van der Waals surface area contributed by atoms with Gasteiger partial charge >= 0.3 is 5.97 Å². The molecule has 37 heavy (non-hydrogen) atoms. The van der Waals surface area contributed by atoms with Gasteiger partial charge in [0.15, 0.2) is 0 Å². The van der Waals surface area contributed by atoms with Crippen molar-refractivity contribution in [1.82, 2.24) is 0 Å². The van der Waals surface area contributed by atoms with Crippen LogP contribution in [0.3, 0.4) is 0 Å². The maximum atomic E-state index is 13.8. The number of rotatable bonds is 9. The molecule has 4 aromatic carbocycles. The van der Waals surface area contributed by atoms with Crippen molar-refractivity contribution in [3.8, 4) is 5.75 Å². The highest BCUT2D eigenvalue weighted by Crippen LogP contribution is 2.27. The van der Waals surface area contributed by atoms with Crippen molar-refractivity contribution in [3.63, 3.8) is 0 Å². The number of nitrogens with zero attached hydrogens (tertiary/aromatic N) is 1. The molecule has 0 aliphatic rings. The fraction of sp³-hybridized carbons (Fsp3) is 0.133. The zero-order valence-electron chi connectivity index (χ0n) is 20.2. The third-order valence-corrected chi connectivity index (χ3v) is 6.20. The minimum Gasteiger partial charge on any atom is -0.489 e. The van der Waals surface area contributed by atoms with E-state index in [9.17, 15) is 9.59 Å². The lowest BCUT2D eigenvalue weighted by atomic mass is 10.1. The predicted octanol–water partition coefficient (Wildman–Crippen LogP) is 7.60. The van der Waals surface area contributed by atoms with Crippen molar-refractivity contribution in [1.29, 1.82) is 0 Å². The zero-order chi connectivity index (χ0) is 26.2. The second-order valence-electron chi connectivity index (χ2n) is 8.20. The summed E-state index contributed by atoms with van der Waals surface area (Å²) >= 11 is 12.5. The van der Waals surface area contributed by atoms with Crippen molar-refractivity contribution >= 4 is 40.8 Å². The van der Waals surface area contributed by atoms with Crippen molar-refractivity contribution in [3.05, 3.63) is 129 Å². The average molecular weight is 534 g/mol. The third-order valence-electron chi connectivity index (χ3n) is 5.61. The SMILES string of the molecule is CCOC(=O)c1ccc(N(Cc2ccc(Cl)cc2Cl)C(=O)c2cccc(OCc3ccccc3)c2)cc1. The Balaban J connectivity index is 1.62. The van der Waals surface area contributed by atoms with Crippen molar-refractivity contribution in [2.75, 3.05) is 11.5 Å². The number of esters is 1. The third kappa shape index (κ3) is 6.91. The van der Waals surface area contributed by atoms with E-state index in [0.29, 0.717) is 39.2 Å². The van der Waals surface area contributed by atoms with Crippen molar-refractivity contribution in [2.24, 2.45) is 0 Å². The number of anilines is 1. The number of ether oxygens (including phenoxy) is 2. The van der Waals surface area contributed by atoms with Crippen LogP contribution in [0.1, 0.15) is 38.8 Å². The number of hydrogen-bond donors (Lipinski definition) is 0. The second-order valence-corrected chi connectivity index (χ2v) is 9.04. The number of halogens is 2. The highest BCUT2D eigenvalue weighted by Gasteiger charge is 2.21. The van der Waals surface area contributed by atoms with E-state index in [-0.39, 0.29) is 19.1 Å². The molecule has 4 rings (SSSR count). The molecule has 0 aliphatic carbocycles. The van der Waals surface area contributed by atoms with Crippen LogP contribution in [0, 0.1) is 0 Å². The first kappa shape index (κ1) is 26.3. The molecule has 0 atom stereocenters. The molecule has 7 heteroatoms. The highest BCUT2D eigenvalue weighted by atomic mass is 35.5. The molecule has 5 nitrogen and oxygen atoms in total. The van der Waals surface area contributed by atoms with Crippen LogP contribution in [0.2, 0.25) is 10.0 Å². The molecule has 0 fully saturated rings. The summed E-state index contributed by atoms with van der Waals surface area (Å²) in [5.74, 6) is -0.0900. The van der Waals surface area contributed by atoms with E-state index in [1.807, 2.05) is 36.4 Å². The van der Waals surface area contributed by atoms with Gasteiger partial charge in [-0.25, -0.2) is 4.79 Å². The van der Waals surface area contributed by atoms with Gasteiger partial charge in [-0.2, -0.15) is 0 Å². The normalized spacial score (nSPS) is 10.6. The fourth-order valence-corrected chi connectivity index (χ4v) is 4.18. The standard InChI is InChI=1S/C30H25Cl2NO4/c1-2-36-30(35)22-12-15-26(16-13-22)33(19-24-11-14-25(31)18-28(24)32)29(34)23-9-6-10-27(17-23)37-20-21-7-4-3-5-8-21/h3-18H,2,19-20H2,1H3. The first-order valence-corrected chi connectivity index (χ1v) is 12.5. The summed E-state index contributed by atoms with van der Waals surface area (Å²) in [4.78, 5) is 27.5. The number of carbonyl (C=O) groups is 2. The lowest BCUT2D eigenvalue weighted by molar-refractivity contribution is 0.0526. The molecule has 1 amide bonds.